The van der Waals surface area contributed by atoms with Crippen molar-refractivity contribution < 1.29 is 9.26 Å². The summed E-state index contributed by atoms with van der Waals surface area (Å²) in [6, 6.07) is 0.872. The number of nitrogens with one attached hydrogen (secondary N) is 1. The van der Waals surface area contributed by atoms with Crippen molar-refractivity contribution >= 4 is 0 Å². The molecule has 2 aromatic heterocycles. The van der Waals surface area contributed by atoms with E-state index >= 15 is 0 Å². The van der Waals surface area contributed by atoms with Gasteiger partial charge >= 0.3 is 0 Å². The number of aromatic nitrogens is 4. The maximum absolute atomic E-state index is 5.96. The van der Waals surface area contributed by atoms with E-state index in [9.17, 15) is 0 Å². The number of ether oxygens (including phenoxy) is 1. The van der Waals surface area contributed by atoms with E-state index in [-0.39, 0.29) is 6.10 Å². The number of hydrogen-bond acceptors (Lipinski definition) is 6. The van der Waals surface area contributed by atoms with Crippen molar-refractivity contribution in [2.75, 3.05) is 6.61 Å². The summed E-state index contributed by atoms with van der Waals surface area (Å²) in [5.41, 5.74) is 0. The van der Waals surface area contributed by atoms with Crippen molar-refractivity contribution in [1.82, 2.24) is 25.0 Å². The van der Waals surface area contributed by atoms with Crippen molar-refractivity contribution in [2.24, 2.45) is 7.05 Å². The lowest BCUT2D eigenvalue weighted by Gasteiger charge is -2.31. The van der Waals surface area contributed by atoms with Gasteiger partial charge in [0.1, 0.15) is 11.9 Å². The van der Waals surface area contributed by atoms with Gasteiger partial charge in [0, 0.05) is 50.5 Å². The molecule has 1 saturated carbocycles. The Labute approximate surface area is 148 Å². The Bertz CT molecular complexity index is 689. The second-order valence-electron chi connectivity index (χ2n) is 7.20. The monoisotopic (exact) mass is 345 g/mol. The van der Waals surface area contributed by atoms with Crippen molar-refractivity contribution in [1.29, 1.82) is 0 Å². The van der Waals surface area contributed by atoms with Crippen LogP contribution in [-0.4, -0.2) is 38.4 Å². The average molecular weight is 345 g/mol. The van der Waals surface area contributed by atoms with Gasteiger partial charge in [-0.3, -0.25) is 0 Å². The Kier molecular flexibility index (Phi) is 4.85. The summed E-state index contributed by atoms with van der Waals surface area (Å²) in [4.78, 5) is 8.98. The van der Waals surface area contributed by atoms with Crippen LogP contribution in [0.3, 0.4) is 0 Å². The summed E-state index contributed by atoms with van der Waals surface area (Å²) in [6.45, 7) is 2.85. The number of nitrogens with zero attached hydrogens (tertiary/aromatic N) is 4. The van der Waals surface area contributed by atoms with E-state index < -0.39 is 0 Å². The third-order valence-electron chi connectivity index (χ3n) is 5.53. The first kappa shape index (κ1) is 16.7. The third-order valence-corrected chi connectivity index (χ3v) is 5.53. The van der Waals surface area contributed by atoms with Crippen LogP contribution in [0.25, 0.3) is 0 Å². The molecule has 1 N–H and O–H groups in total. The second-order valence-corrected chi connectivity index (χ2v) is 7.20. The van der Waals surface area contributed by atoms with Crippen LogP contribution >= 0.6 is 0 Å². The molecule has 2 atom stereocenters. The molecule has 1 aliphatic heterocycles. The normalized spacial score (nSPS) is 30.0. The molecule has 0 aromatic carbocycles. The first-order chi connectivity index (χ1) is 12.2. The van der Waals surface area contributed by atoms with Crippen LogP contribution in [0, 0.1) is 0 Å². The summed E-state index contributed by atoms with van der Waals surface area (Å²) < 4.78 is 13.4. The van der Waals surface area contributed by atoms with Crippen LogP contribution in [0.5, 0.6) is 0 Å². The fourth-order valence-corrected chi connectivity index (χ4v) is 4.05. The molecule has 0 bridgehead atoms. The van der Waals surface area contributed by atoms with Crippen molar-refractivity contribution in [3.63, 3.8) is 0 Å². The molecule has 136 valence electrons. The molecule has 1 aliphatic carbocycles. The van der Waals surface area contributed by atoms with E-state index in [1.807, 2.05) is 19.4 Å². The smallest absolute Gasteiger partial charge is 0.229 e. The van der Waals surface area contributed by atoms with Gasteiger partial charge in [-0.25, -0.2) is 4.98 Å². The van der Waals surface area contributed by atoms with E-state index in [2.05, 4.69) is 31.9 Å². The van der Waals surface area contributed by atoms with Gasteiger partial charge in [-0.2, -0.15) is 4.98 Å². The van der Waals surface area contributed by atoms with Crippen molar-refractivity contribution in [3.05, 3.63) is 29.9 Å². The second kappa shape index (κ2) is 7.25. The minimum absolute atomic E-state index is 0.0563. The molecule has 7 nitrogen and oxygen atoms in total. The van der Waals surface area contributed by atoms with E-state index in [0.717, 1.165) is 62.7 Å². The molecule has 0 radical (unpaired) electrons. The van der Waals surface area contributed by atoms with Crippen LogP contribution in [0.2, 0.25) is 0 Å². The summed E-state index contributed by atoms with van der Waals surface area (Å²) in [5.74, 6) is 3.07. The van der Waals surface area contributed by atoms with Crippen LogP contribution in [0.1, 0.15) is 68.6 Å². The van der Waals surface area contributed by atoms with Crippen molar-refractivity contribution in [2.45, 2.75) is 69.6 Å². The summed E-state index contributed by atoms with van der Waals surface area (Å²) in [6.07, 6.45) is 10.2. The lowest BCUT2D eigenvalue weighted by atomic mass is 9.85. The maximum atomic E-state index is 5.96. The average Bonchev–Trinajstić information content (AvgIpc) is 3.36. The Morgan fingerprint density at radius 2 is 2.08 bits per heavy atom. The van der Waals surface area contributed by atoms with Gasteiger partial charge in [-0.1, -0.05) is 12.1 Å². The van der Waals surface area contributed by atoms with Gasteiger partial charge in [-0.15, -0.1) is 0 Å². The fraction of sp³-hybridized carbons (Fsp3) is 0.722. The van der Waals surface area contributed by atoms with E-state index in [1.54, 1.807) is 0 Å². The number of hydrogen-bond donors (Lipinski definition) is 1. The van der Waals surface area contributed by atoms with Gasteiger partial charge in [0.15, 0.2) is 5.82 Å². The van der Waals surface area contributed by atoms with Crippen LogP contribution in [0.4, 0.5) is 0 Å². The zero-order chi connectivity index (χ0) is 17.2. The minimum Gasteiger partial charge on any atom is -0.369 e. The molecule has 4 rings (SSSR count). The molecule has 0 unspecified atom stereocenters. The molecule has 2 fully saturated rings. The third kappa shape index (κ3) is 3.48. The predicted octanol–water partition coefficient (Wildman–Crippen LogP) is 2.51. The van der Waals surface area contributed by atoms with E-state index in [1.165, 1.54) is 0 Å². The predicted molar refractivity (Wildman–Crippen MR) is 92.1 cm³/mol. The standard InChI is InChI=1S/C18H27N5O2/c1-3-15-21-18(25-22-15)12-4-6-13(7-5-12)20-14-8-11-24-16(14)17-19-9-10-23(17)2/h9-10,12-14,16,20H,3-8,11H2,1-2H3/t12?,13?,14-,16-/m0/s1. The highest BCUT2D eigenvalue weighted by atomic mass is 16.5. The highest BCUT2D eigenvalue weighted by Gasteiger charge is 2.35. The molecular weight excluding hydrogens is 318 g/mol. The molecule has 7 heteroatoms. The Balaban J connectivity index is 1.33. The van der Waals surface area contributed by atoms with Gasteiger partial charge in [0.25, 0.3) is 0 Å². The first-order valence-electron chi connectivity index (χ1n) is 9.42. The van der Waals surface area contributed by atoms with Gasteiger partial charge in [0.2, 0.25) is 5.89 Å². The first-order valence-corrected chi connectivity index (χ1v) is 9.42. The number of rotatable bonds is 5. The Morgan fingerprint density at radius 1 is 1.24 bits per heavy atom. The fourth-order valence-electron chi connectivity index (χ4n) is 4.05. The minimum atomic E-state index is 0.0563. The topological polar surface area (TPSA) is 78.0 Å². The SMILES string of the molecule is CCc1noc(C2CCC(N[C@H]3CCO[C@@H]3c3nccn3C)CC2)n1. The molecule has 2 aromatic rings. The van der Waals surface area contributed by atoms with Crippen LogP contribution < -0.4 is 5.32 Å². The molecule has 0 amide bonds. The lowest BCUT2D eigenvalue weighted by molar-refractivity contribution is 0.0853. The zero-order valence-corrected chi connectivity index (χ0v) is 15.0. The summed E-state index contributed by atoms with van der Waals surface area (Å²) >= 11 is 0. The maximum Gasteiger partial charge on any atom is 0.229 e. The molecule has 1 saturated heterocycles. The highest BCUT2D eigenvalue weighted by Crippen LogP contribution is 2.34. The number of aryl methyl sites for hydroxylation is 2. The van der Waals surface area contributed by atoms with Gasteiger partial charge in [-0.05, 0) is 32.1 Å². The largest absolute Gasteiger partial charge is 0.369 e. The molecule has 0 spiro atoms. The van der Waals surface area contributed by atoms with Gasteiger partial charge < -0.3 is 19.1 Å². The van der Waals surface area contributed by atoms with E-state index in [4.69, 9.17) is 9.26 Å². The Morgan fingerprint density at radius 3 is 2.76 bits per heavy atom. The van der Waals surface area contributed by atoms with E-state index in [0.29, 0.717) is 18.0 Å². The summed E-state index contributed by atoms with van der Waals surface area (Å²) in [5, 5.41) is 7.86. The molecule has 3 heterocycles. The van der Waals surface area contributed by atoms with Crippen LogP contribution in [0.15, 0.2) is 16.9 Å². The molecule has 25 heavy (non-hydrogen) atoms. The number of imidazole rings is 1. The summed E-state index contributed by atoms with van der Waals surface area (Å²) in [7, 11) is 2.03. The van der Waals surface area contributed by atoms with Crippen molar-refractivity contribution in [3.8, 4) is 0 Å². The Hall–Kier alpha value is -1.73. The zero-order valence-electron chi connectivity index (χ0n) is 15.0. The highest BCUT2D eigenvalue weighted by molar-refractivity contribution is 5.04. The van der Waals surface area contributed by atoms with Crippen LogP contribution in [-0.2, 0) is 18.2 Å². The quantitative estimate of drug-likeness (QED) is 0.897. The molecule has 2 aliphatic rings. The van der Waals surface area contributed by atoms with Gasteiger partial charge in [0.05, 0.1) is 0 Å². The molecular formula is C18H27N5O2. The lowest BCUT2D eigenvalue weighted by Crippen LogP contribution is -2.42.